The van der Waals surface area contributed by atoms with Gasteiger partial charge < -0.3 is 9.67 Å². The van der Waals surface area contributed by atoms with Crippen molar-refractivity contribution < 1.29 is 9.90 Å². The van der Waals surface area contributed by atoms with E-state index in [-0.39, 0.29) is 5.69 Å². The lowest BCUT2D eigenvalue weighted by atomic mass is 10.0. The number of carboxylic acids is 1. The Kier molecular flexibility index (Phi) is 3.72. The van der Waals surface area contributed by atoms with Gasteiger partial charge in [-0.3, -0.25) is 11.3 Å². The molecule has 0 aliphatic carbocycles. The molecule has 110 valence electrons. The number of nitrogens with two attached hydrogens (primary N) is 1. The van der Waals surface area contributed by atoms with Crippen molar-refractivity contribution in [3.8, 4) is 11.3 Å². The summed E-state index contributed by atoms with van der Waals surface area (Å²) in [5, 5.41) is 9.59. The first-order valence-corrected chi connectivity index (χ1v) is 7.07. The van der Waals surface area contributed by atoms with E-state index in [2.05, 4.69) is 10.4 Å². The van der Waals surface area contributed by atoms with E-state index in [1.807, 2.05) is 28.8 Å². The van der Waals surface area contributed by atoms with Crippen LogP contribution in [0.4, 0.5) is 0 Å². The van der Waals surface area contributed by atoms with Gasteiger partial charge in [0.25, 0.3) is 0 Å². The number of aromatic carboxylic acids is 1. The van der Waals surface area contributed by atoms with Crippen LogP contribution in [0.15, 0.2) is 24.3 Å². The number of benzene rings is 1. The van der Waals surface area contributed by atoms with Crippen molar-refractivity contribution in [2.75, 3.05) is 0 Å². The molecule has 0 bridgehead atoms. The van der Waals surface area contributed by atoms with Gasteiger partial charge >= 0.3 is 5.97 Å². The zero-order chi connectivity index (χ0) is 14.8. The highest BCUT2D eigenvalue weighted by Crippen LogP contribution is 2.30. The van der Waals surface area contributed by atoms with E-state index in [0.29, 0.717) is 12.2 Å². The fourth-order valence-corrected chi connectivity index (χ4v) is 2.90. The topological polar surface area (TPSA) is 93.2 Å². The maximum absolute atomic E-state index is 11.7. The third-order valence-electron chi connectivity index (χ3n) is 3.85. The first-order chi connectivity index (χ1) is 10.2. The van der Waals surface area contributed by atoms with E-state index in [1.54, 1.807) is 0 Å². The van der Waals surface area contributed by atoms with Crippen molar-refractivity contribution in [3.63, 3.8) is 0 Å². The highest BCUT2D eigenvalue weighted by Gasteiger charge is 2.26. The molecule has 2 aromatic rings. The normalized spacial score (nSPS) is 14.0. The lowest BCUT2D eigenvalue weighted by molar-refractivity contribution is 0.0684. The molecule has 0 atom stereocenters. The van der Waals surface area contributed by atoms with Gasteiger partial charge in [-0.1, -0.05) is 24.3 Å². The first-order valence-electron chi connectivity index (χ1n) is 7.07. The lowest BCUT2D eigenvalue weighted by Crippen LogP contribution is -2.21. The molecule has 3 rings (SSSR count). The molecule has 1 aromatic carbocycles. The lowest BCUT2D eigenvalue weighted by Gasteiger charge is -2.14. The van der Waals surface area contributed by atoms with Crippen LogP contribution in [-0.2, 0) is 19.5 Å². The van der Waals surface area contributed by atoms with Gasteiger partial charge in [0.15, 0.2) is 5.69 Å². The van der Waals surface area contributed by atoms with Crippen LogP contribution < -0.4 is 11.3 Å². The molecular weight excluding hydrogens is 268 g/mol. The number of nitrogens with one attached hydrogen (secondary N) is 1. The second-order valence-corrected chi connectivity index (χ2v) is 5.18. The molecule has 0 amide bonds. The fourth-order valence-electron chi connectivity index (χ4n) is 2.90. The van der Waals surface area contributed by atoms with Crippen molar-refractivity contribution in [3.05, 3.63) is 41.3 Å². The molecule has 1 aliphatic heterocycles. The predicted octanol–water partition coefficient (Wildman–Crippen LogP) is 1.55. The minimum absolute atomic E-state index is 0.286. The number of nitrogens with zero attached hydrogens (tertiary/aromatic N) is 2. The smallest absolute Gasteiger partial charge is 0.354 e. The Balaban J connectivity index is 2.18. The summed E-state index contributed by atoms with van der Waals surface area (Å²) in [6, 6.07) is 7.62. The highest BCUT2D eigenvalue weighted by atomic mass is 16.4. The van der Waals surface area contributed by atoms with Crippen LogP contribution in [0.2, 0.25) is 0 Å². The summed E-state index contributed by atoms with van der Waals surface area (Å²) in [7, 11) is 0. The van der Waals surface area contributed by atoms with Crippen molar-refractivity contribution in [2.45, 2.75) is 32.4 Å². The largest absolute Gasteiger partial charge is 0.477 e. The molecule has 6 heteroatoms. The summed E-state index contributed by atoms with van der Waals surface area (Å²) in [4.78, 5) is 16.3. The summed E-state index contributed by atoms with van der Waals surface area (Å²) in [6.07, 6.45) is 2.88. The first kappa shape index (κ1) is 13.8. The summed E-state index contributed by atoms with van der Waals surface area (Å²) < 4.78 is 1.84. The van der Waals surface area contributed by atoms with E-state index in [4.69, 9.17) is 5.84 Å². The fraction of sp³-hybridized carbons (Fsp3) is 0.333. The predicted molar refractivity (Wildman–Crippen MR) is 78.6 cm³/mol. The van der Waals surface area contributed by atoms with Crippen molar-refractivity contribution >= 4 is 5.97 Å². The van der Waals surface area contributed by atoms with Gasteiger partial charge in [-0.25, -0.2) is 9.78 Å². The van der Waals surface area contributed by atoms with Gasteiger partial charge in [0, 0.05) is 25.1 Å². The van der Waals surface area contributed by atoms with Crippen molar-refractivity contribution in [1.29, 1.82) is 0 Å². The van der Waals surface area contributed by atoms with E-state index >= 15 is 0 Å². The number of aryl methyl sites for hydroxylation is 1. The molecule has 6 nitrogen and oxygen atoms in total. The summed E-state index contributed by atoms with van der Waals surface area (Å²) in [6.45, 7) is 1.19. The molecule has 0 radical (unpaired) electrons. The summed E-state index contributed by atoms with van der Waals surface area (Å²) in [5.74, 6) is 5.35. The molecule has 0 spiro atoms. The van der Waals surface area contributed by atoms with Crippen LogP contribution in [0.25, 0.3) is 11.3 Å². The average molecular weight is 286 g/mol. The van der Waals surface area contributed by atoms with Crippen molar-refractivity contribution in [1.82, 2.24) is 15.0 Å². The van der Waals surface area contributed by atoms with Crippen LogP contribution in [0.5, 0.6) is 0 Å². The standard InChI is InChI=1S/C15H18N4O2/c16-17-9-10-5-1-2-6-11(10)13-14(15(20)21)19-8-4-3-7-12(19)18-13/h1-2,5-6,17H,3-4,7-9,16H2,(H,20,21). The van der Waals surface area contributed by atoms with Gasteiger partial charge in [-0.15, -0.1) is 0 Å². The van der Waals surface area contributed by atoms with E-state index < -0.39 is 5.97 Å². The van der Waals surface area contributed by atoms with Crippen LogP contribution in [0.3, 0.4) is 0 Å². The monoisotopic (exact) mass is 286 g/mol. The summed E-state index contributed by atoms with van der Waals surface area (Å²) >= 11 is 0. The number of imidazole rings is 1. The number of rotatable bonds is 4. The molecule has 1 aromatic heterocycles. The minimum atomic E-state index is -0.929. The number of hydrogen-bond acceptors (Lipinski definition) is 4. The molecule has 0 saturated carbocycles. The zero-order valence-corrected chi connectivity index (χ0v) is 11.7. The Morgan fingerprint density at radius 1 is 1.38 bits per heavy atom. The quantitative estimate of drug-likeness (QED) is 0.585. The molecule has 0 fully saturated rings. The number of aromatic nitrogens is 2. The van der Waals surface area contributed by atoms with Crippen LogP contribution in [0.1, 0.15) is 34.7 Å². The van der Waals surface area contributed by atoms with Crippen LogP contribution in [0, 0.1) is 0 Å². The number of carboxylic acid groups (broad SMARTS) is 1. The molecule has 0 unspecified atom stereocenters. The van der Waals surface area contributed by atoms with Gasteiger partial charge in [0.2, 0.25) is 0 Å². The number of hydrogen-bond donors (Lipinski definition) is 3. The Morgan fingerprint density at radius 3 is 2.95 bits per heavy atom. The number of fused-ring (bicyclic) bond motifs is 1. The molecule has 0 saturated heterocycles. The molecular formula is C15H18N4O2. The zero-order valence-electron chi connectivity index (χ0n) is 11.7. The Bertz CT molecular complexity index is 678. The van der Waals surface area contributed by atoms with E-state index in [1.165, 1.54) is 0 Å². The molecule has 21 heavy (non-hydrogen) atoms. The molecule has 1 aliphatic rings. The number of hydrazine groups is 1. The van der Waals surface area contributed by atoms with Gasteiger partial charge in [0.05, 0.1) is 0 Å². The Labute approximate surface area is 122 Å². The molecule has 4 N–H and O–H groups in total. The second-order valence-electron chi connectivity index (χ2n) is 5.18. The Morgan fingerprint density at radius 2 is 2.19 bits per heavy atom. The third-order valence-corrected chi connectivity index (χ3v) is 3.85. The third kappa shape index (κ3) is 2.43. The minimum Gasteiger partial charge on any atom is -0.477 e. The Hall–Kier alpha value is -2.18. The maximum Gasteiger partial charge on any atom is 0.354 e. The molecule has 2 heterocycles. The SMILES string of the molecule is NNCc1ccccc1-c1nc2n(c1C(=O)O)CCCC2. The maximum atomic E-state index is 11.7. The highest BCUT2D eigenvalue weighted by molar-refractivity contribution is 5.94. The van der Waals surface area contributed by atoms with E-state index in [0.717, 1.165) is 42.8 Å². The van der Waals surface area contributed by atoms with Crippen LogP contribution in [-0.4, -0.2) is 20.6 Å². The number of carbonyl (C=O) groups is 1. The van der Waals surface area contributed by atoms with Gasteiger partial charge in [-0.2, -0.15) is 0 Å². The van der Waals surface area contributed by atoms with Gasteiger partial charge in [0.1, 0.15) is 11.5 Å². The van der Waals surface area contributed by atoms with Crippen LogP contribution >= 0.6 is 0 Å². The van der Waals surface area contributed by atoms with E-state index in [9.17, 15) is 9.90 Å². The van der Waals surface area contributed by atoms with Gasteiger partial charge in [-0.05, 0) is 18.4 Å². The second kappa shape index (κ2) is 5.67. The summed E-state index contributed by atoms with van der Waals surface area (Å²) in [5.41, 5.74) is 5.23. The van der Waals surface area contributed by atoms with Crippen molar-refractivity contribution in [2.24, 2.45) is 5.84 Å². The average Bonchev–Trinajstić information content (AvgIpc) is 2.87.